The second-order valence-corrected chi connectivity index (χ2v) is 10.0. The number of alkyl halides is 3. The van der Waals surface area contributed by atoms with Crippen molar-refractivity contribution in [3.05, 3.63) is 76.0 Å². The molecule has 13 heteroatoms. The molecule has 2 aromatic heterocycles. The number of nitrogens with zero attached hydrogens (tertiary/aromatic N) is 3. The molecular formula is C21H13Cl2F3N4O3S. The van der Waals surface area contributed by atoms with Crippen molar-refractivity contribution in [3.8, 4) is 11.3 Å². The zero-order valence-electron chi connectivity index (χ0n) is 17.1. The number of anilines is 1. The maximum Gasteiger partial charge on any atom is 0.433 e. The van der Waals surface area contributed by atoms with Crippen molar-refractivity contribution < 1.29 is 26.4 Å². The first-order valence-corrected chi connectivity index (χ1v) is 12.0. The highest BCUT2D eigenvalue weighted by Crippen LogP contribution is 2.34. The van der Waals surface area contributed by atoms with Gasteiger partial charge in [0.2, 0.25) is 0 Å². The fourth-order valence-electron chi connectivity index (χ4n) is 3.13. The van der Waals surface area contributed by atoms with Crippen molar-refractivity contribution in [1.82, 2.24) is 14.6 Å². The number of sulfone groups is 1. The van der Waals surface area contributed by atoms with Crippen LogP contribution >= 0.6 is 23.2 Å². The van der Waals surface area contributed by atoms with E-state index in [1.54, 1.807) is 0 Å². The van der Waals surface area contributed by atoms with Crippen molar-refractivity contribution >= 4 is 50.3 Å². The minimum atomic E-state index is -4.81. The van der Waals surface area contributed by atoms with Crippen LogP contribution in [0.25, 0.3) is 16.9 Å². The fraction of sp³-hybridized carbons (Fsp3) is 0.0952. The number of halogens is 5. The Morgan fingerprint density at radius 2 is 1.79 bits per heavy atom. The van der Waals surface area contributed by atoms with Gasteiger partial charge in [-0.15, -0.1) is 0 Å². The molecule has 0 bridgehead atoms. The Kier molecular flexibility index (Phi) is 6.05. The molecule has 4 aromatic rings. The molecule has 0 aliphatic heterocycles. The summed E-state index contributed by atoms with van der Waals surface area (Å²) in [5.41, 5.74) is -1.49. The van der Waals surface area contributed by atoms with Crippen LogP contribution in [0.3, 0.4) is 0 Å². The summed E-state index contributed by atoms with van der Waals surface area (Å²) >= 11 is 11.9. The zero-order valence-corrected chi connectivity index (χ0v) is 19.4. The van der Waals surface area contributed by atoms with Gasteiger partial charge in [0.1, 0.15) is 5.56 Å². The summed E-state index contributed by atoms with van der Waals surface area (Å²) in [6, 6.07) is 10.4. The van der Waals surface area contributed by atoms with E-state index in [0.29, 0.717) is 4.52 Å². The van der Waals surface area contributed by atoms with Gasteiger partial charge < -0.3 is 5.32 Å². The third kappa shape index (κ3) is 4.72. The largest absolute Gasteiger partial charge is 0.433 e. The van der Waals surface area contributed by atoms with Gasteiger partial charge in [0.15, 0.2) is 21.2 Å². The Bertz CT molecular complexity index is 1550. The number of rotatable bonds is 4. The van der Waals surface area contributed by atoms with Crippen LogP contribution in [-0.4, -0.2) is 35.2 Å². The summed E-state index contributed by atoms with van der Waals surface area (Å²) in [7, 11) is -3.54. The van der Waals surface area contributed by atoms with Crippen LogP contribution < -0.4 is 5.32 Å². The second kappa shape index (κ2) is 8.57. The summed E-state index contributed by atoms with van der Waals surface area (Å²) in [6.07, 6.45) is -2.85. The molecule has 0 spiro atoms. The molecule has 176 valence electrons. The van der Waals surface area contributed by atoms with Crippen molar-refractivity contribution in [2.45, 2.75) is 11.1 Å². The summed E-state index contributed by atoms with van der Waals surface area (Å²) in [5.74, 6) is -0.826. The van der Waals surface area contributed by atoms with E-state index in [0.717, 1.165) is 18.5 Å². The molecule has 0 atom stereocenters. The molecule has 0 saturated heterocycles. The van der Waals surface area contributed by atoms with Gasteiger partial charge in [0.25, 0.3) is 5.91 Å². The number of aromatic nitrogens is 3. The van der Waals surface area contributed by atoms with Gasteiger partial charge in [-0.05, 0) is 36.4 Å². The number of hydrogen-bond acceptors (Lipinski definition) is 5. The van der Waals surface area contributed by atoms with E-state index < -0.39 is 27.6 Å². The number of fused-ring (bicyclic) bond motifs is 1. The van der Waals surface area contributed by atoms with Crippen LogP contribution in [0.5, 0.6) is 0 Å². The van der Waals surface area contributed by atoms with Crippen LogP contribution in [0.15, 0.2) is 59.6 Å². The van der Waals surface area contributed by atoms with E-state index in [9.17, 15) is 26.4 Å². The third-order valence-electron chi connectivity index (χ3n) is 4.74. The first kappa shape index (κ1) is 24.0. The minimum Gasteiger partial charge on any atom is -0.322 e. The number of carbonyl (C=O) groups excluding carboxylic acids is 1. The molecular weight excluding hydrogens is 516 g/mol. The molecule has 0 saturated carbocycles. The SMILES string of the molecule is CS(=O)(=O)c1cccc(NC(=O)c2cnn3c(C(F)(F)F)cc(-c4ccc(Cl)c(Cl)c4)nc23)c1. The van der Waals surface area contributed by atoms with Gasteiger partial charge >= 0.3 is 6.18 Å². The number of amides is 1. The van der Waals surface area contributed by atoms with Crippen molar-refractivity contribution in [2.24, 2.45) is 0 Å². The number of hydrogen-bond donors (Lipinski definition) is 1. The summed E-state index contributed by atoms with van der Waals surface area (Å²) < 4.78 is 65.4. The van der Waals surface area contributed by atoms with Crippen LogP contribution in [0, 0.1) is 0 Å². The van der Waals surface area contributed by atoms with Gasteiger partial charge in [0.05, 0.1) is 26.8 Å². The molecule has 0 unspecified atom stereocenters. The average Bonchev–Trinajstić information content (AvgIpc) is 3.18. The van der Waals surface area contributed by atoms with Crippen LogP contribution in [0.4, 0.5) is 18.9 Å². The third-order valence-corrected chi connectivity index (χ3v) is 6.59. The Labute approximate surface area is 201 Å². The molecule has 2 aromatic carbocycles. The van der Waals surface area contributed by atoms with Gasteiger partial charge in [-0.25, -0.2) is 17.9 Å². The minimum absolute atomic E-state index is 0.0375. The first-order valence-electron chi connectivity index (χ1n) is 9.37. The van der Waals surface area contributed by atoms with E-state index >= 15 is 0 Å². The lowest BCUT2D eigenvalue weighted by Gasteiger charge is -2.12. The van der Waals surface area contributed by atoms with Gasteiger partial charge in [-0.1, -0.05) is 35.3 Å². The lowest BCUT2D eigenvalue weighted by molar-refractivity contribution is -0.142. The van der Waals surface area contributed by atoms with Crippen molar-refractivity contribution in [2.75, 3.05) is 11.6 Å². The Hall–Kier alpha value is -3.15. The van der Waals surface area contributed by atoms with E-state index in [1.807, 2.05) is 0 Å². The maximum absolute atomic E-state index is 13.8. The van der Waals surface area contributed by atoms with E-state index in [-0.39, 0.29) is 43.1 Å². The lowest BCUT2D eigenvalue weighted by atomic mass is 10.1. The fourth-order valence-corrected chi connectivity index (χ4v) is 4.10. The van der Waals surface area contributed by atoms with Gasteiger partial charge in [0, 0.05) is 17.5 Å². The predicted octanol–water partition coefficient (Wildman–Crippen LogP) is 5.38. The highest BCUT2D eigenvalue weighted by atomic mass is 35.5. The molecule has 0 aliphatic carbocycles. The van der Waals surface area contributed by atoms with E-state index in [1.165, 1.54) is 42.5 Å². The topological polar surface area (TPSA) is 93.4 Å². The molecule has 7 nitrogen and oxygen atoms in total. The molecule has 0 fully saturated rings. The smallest absolute Gasteiger partial charge is 0.322 e. The summed E-state index contributed by atoms with van der Waals surface area (Å²) in [6.45, 7) is 0. The first-order chi connectivity index (χ1) is 15.8. The van der Waals surface area contributed by atoms with Gasteiger partial charge in [-0.3, -0.25) is 4.79 Å². The molecule has 1 N–H and O–H groups in total. The molecule has 1 amide bonds. The van der Waals surface area contributed by atoms with E-state index in [4.69, 9.17) is 23.2 Å². The normalized spacial score (nSPS) is 12.2. The zero-order chi connectivity index (χ0) is 24.8. The molecule has 4 rings (SSSR count). The van der Waals surface area contributed by atoms with Crippen LogP contribution in [0.2, 0.25) is 10.0 Å². The van der Waals surface area contributed by atoms with Crippen LogP contribution in [-0.2, 0) is 16.0 Å². The van der Waals surface area contributed by atoms with E-state index in [2.05, 4.69) is 15.4 Å². The molecule has 0 aliphatic rings. The predicted molar refractivity (Wildman–Crippen MR) is 121 cm³/mol. The standard InChI is InChI=1S/C21H13Cl2F3N4O3S/c1-34(32,33)13-4-2-3-12(8-13)28-20(31)14-10-27-30-18(21(24,25)26)9-17(29-19(14)30)11-5-6-15(22)16(23)7-11/h2-10H,1H3,(H,28,31). The van der Waals surface area contributed by atoms with Crippen LogP contribution in [0.1, 0.15) is 16.1 Å². The molecule has 34 heavy (non-hydrogen) atoms. The number of carbonyl (C=O) groups is 1. The molecule has 0 radical (unpaired) electrons. The molecule has 2 heterocycles. The number of nitrogens with one attached hydrogen (secondary N) is 1. The highest BCUT2D eigenvalue weighted by molar-refractivity contribution is 7.90. The quantitative estimate of drug-likeness (QED) is 0.384. The second-order valence-electron chi connectivity index (χ2n) is 7.20. The lowest BCUT2D eigenvalue weighted by Crippen LogP contribution is -2.16. The van der Waals surface area contributed by atoms with Gasteiger partial charge in [-0.2, -0.15) is 18.3 Å². The Morgan fingerprint density at radius 1 is 1.06 bits per heavy atom. The maximum atomic E-state index is 13.8. The average molecular weight is 529 g/mol. The van der Waals surface area contributed by atoms with Crippen molar-refractivity contribution in [3.63, 3.8) is 0 Å². The van der Waals surface area contributed by atoms with Crippen molar-refractivity contribution in [1.29, 1.82) is 0 Å². The Morgan fingerprint density at radius 3 is 2.44 bits per heavy atom. The highest BCUT2D eigenvalue weighted by Gasteiger charge is 2.36. The Balaban J connectivity index is 1.83. The summed E-state index contributed by atoms with van der Waals surface area (Å²) in [5, 5.41) is 6.50. The number of benzene rings is 2. The summed E-state index contributed by atoms with van der Waals surface area (Å²) in [4.78, 5) is 17.1. The monoisotopic (exact) mass is 528 g/mol.